The Bertz CT molecular complexity index is 769. The number of benzene rings is 3. The molecule has 3 rings (SSSR count). The second-order valence-corrected chi connectivity index (χ2v) is 6.31. The summed E-state index contributed by atoms with van der Waals surface area (Å²) in [4.78, 5) is 10.6. The van der Waals surface area contributed by atoms with Crippen LogP contribution in [0.5, 0.6) is 0 Å². The average Bonchev–Trinajstić information content (AvgIpc) is 2.61. The highest BCUT2D eigenvalue weighted by Gasteiger charge is 1.94. The third kappa shape index (κ3) is 9.09. The van der Waals surface area contributed by atoms with Crippen molar-refractivity contribution in [2.24, 2.45) is 0 Å². The molecule has 1 nitrogen and oxygen atoms in total. The van der Waals surface area contributed by atoms with E-state index in [2.05, 4.69) is 19.1 Å². The third-order valence-electron chi connectivity index (χ3n) is 3.20. The molecular formula is C22H22Cl2O. The van der Waals surface area contributed by atoms with Crippen molar-refractivity contribution < 1.29 is 4.79 Å². The second kappa shape index (κ2) is 11.5. The summed E-state index contributed by atoms with van der Waals surface area (Å²) in [5, 5.41) is 1.24. The van der Waals surface area contributed by atoms with E-state index < -0.39 is 0 Å². The van der Waals surface area contributed by atoms with Gasteiger partial charge in [0.05, 0.1) is 10.0 Å². The number of ketones is 1. The van der Waals surface area contributed by atoms with E-state index >= 15 is 0 Å². The van der Waals surface area contributed by atoms with E-state index in [4.69, 9.17) is 23.2 Å². The number of aryl methyl sites for hydroxylation is 2. The zero-order valence-corrected chi connectivity index (χ0v) is 16.2. The van der Waals surface area contributed by atoms with Crippen molar-refractivity contribution in [1.29, 1.82) is 0 Å². The monoisotopic (exact) mass is 372 g/mol. The van der Waals surface area contributed by atoms with Gasteiger partial charge < -0.3 is 0 Å². The van der Waals surface area contributed by atoms with Gasteiger partial charge in [0, 0.05) is 5.56 Å². The molecule has 3 aromatic carbocycles. The third-order valence-corrected chi connectivity index (χ3v) is 3.93. The molecule has 0 amide bonds. The Labute approximate surface area is 160 Å². The lowest BCUT2D eigenvalue weighted by atomic mass is 10.2. The minimum atomic E-state index is 0.121. The fraction of sp³-hybridized carbons (Fsp3) is 0.136. The Balaban J connectivity index is 0.000000189. The van der Waals surface area contributed by atoms with Crippen LogP contribution in [0.1, 0.15) is 28.4 Å². The molecule has 0 unspecified atom stereocenters. The Morgan fingerprint density at radius 3 is 1.52 bits per heavy atom. The fourth-order valence-corrected chi connectivity index (χ4v) is 2.16. The van der Waals surface area contributed by atoms with Crippen LogP contribution in [-0.2, 0) is 0 Å². The van der Waals surface area contributed by atoms with Crippen LogP contribution in [0.3, 0.4) is 0 Å². The summed E-state index contributed by atoms with van der Waals surface area (Å²) in [5.74, 6) is 0.121. The van der Waals surface area contributed by atoms with Crippen molar-refractivity contribution in [3.63, 3.8) is 0 Å². The van der Waals surface area contributed by atoms with Crippen LogP contribution in [0.15, 0.2) is 78.9 Å². The molecule has 0 radical (unpaired) electrons. The van der Waals surface area contributed by atoms with Gasteiger partial charge in [0.1, 0.15) is 0 Å². The Morgan fingerprint density at radius 2 is 1.20 bits per heavy atom. The van der Waals surface area contributed by atoms with Gasteiger partial charge in [0.15, 0.2) is 5.78 Å². The van der Waals surface area contributed by atoms with Gasteiger partial charge in [-0.15, -0.1) is 0 Å². The SMILES string of the molecule is CC(=O)c1ccccc1.Cc1ccc(Cl)c(Cl)c1.Cc1ccccc1. The normalized spacial score (nSPS) is 9.16. The van der Waals surface area contributed by atoms with Crippen LogP contribution in [0.4, 0.5) is 0 Å². The topological polar surface area (TPSA) is 17.1 Å². The molecule has 0 atom stereocenters. The Morgan fingerprint density at radius 1 is 0.680 bits per heavy atom. The highest BCUT2D eigenvalue weighted by Crippen LogP contribution is 2.21. The molecule has 0 saturated heterocycles. The van der Waals surface area contributed by atoms with Crippen LogP contribution in [-0.4, -0.2) is 5.78 Å². The number of hydrogen-bond acceptors (Lipinski definition) is 1. The molecule has 0 fully saturated rings. The van der Waals surface area contributed by atoms with Crippen LogP contribution in [0.25, 0.3) is 0 Å². The summed E-state index contributed by atoms with van der Waals surface area (Å²) in [6.45, 7) is 5.62. The maximum Gasteiger partial charge on any atom is 0.159 e. The van der Waals surface area contributed by atoms with Crippen LogP contribution < -0.4 is 0 Å². The van der Waals surface area contributed by atoms with Gasteiger partial charge in [-0.25, -0.2) is 0 Å². The van der Waals surface area contributed by atoms with E-state index in [1.165, 1.54) is 5.56 Å². The molecule has 0 saturated carbocycles. The number of Topliss-reactive ketones (excluding diaryl/α,β-unsaturated/α-hetero) is 1. The summed E-state index contributed by atoms with van der Waals surface area (Å²) in [7, 11) is 0. The van der Waals surface area contributed by atoms with Crippen molar-refractivity contribution >= 4 is 29.0 Å². The van der Waals surface area contributed by atoms with Gasteiger partial charge in [-0.3, -0.25) is 4.79 Å². The summed E-state index contributed by atoms with van der Waals surface area (Å²) < 4.78 is 0. The smallest absolute Gasteiger partial charge is 0.159 e. The predicted molar refractivity (Wildman–Crippen MR) is 109 cm³/mol. The Kier molecular flexibility index (Phi) is 9.61. The van der Waals surface area contributed by atoms with Gasteiger partial charge in [-0.2, -0.15) is 0 Å². The van der Waals surface area contributed by atoms with Gasteiger partial charge >= 0.3 is 0 Å². The maximum absolute atomic E-state index is 10.6. The first kappa shape index (κ1) is 21.0. The molecular weight excluding hydrogens is 351 g/mol. The number of carbonyl (C=O) groups is 1. The van der Waals surface area contributed by atoms with E-state index in [-0.39, 0.29) is 5.78 Å². The molecule has 3 heteroatoms. The predicted octanol–water partition coefficient (Wildman–Crippen LogP) is 7.19. The lowest BCUT2D eigenvalue weighted by Gasteiger charge is -1.94. The molecule has 0 heterocycles. The van der Waals surface area contributed by atoms with Gasteiger partial charge in [0.25, 0.3) is 0 Å². The lowest BCUT2D eigenvalue weighted by Crippen LogP contribution is -1.88. The summed E-state index contributed by atoms with van der Waals surface area (Å²) in [6.07, 6.45) is 0. The molecule has 0 bridgehead atoms. The highest BCUT2D eigenvalue weighted by molar-refractivity contribution is 6.42. The summed E-state index contributed by atoms with van der Waals surface area (Å²) >= 11 is 11.3. The van der Waals surface area contributed by atoms with E-state index in [0.717, 1.165) is 11.1 Å². The molecule has 0 spiro atoms. The second-order valence-electron chi connectivity index (χ2n) is 5.49. The van der Waals surface area contributed by atoms with Crippen molar-refractivity contribution in [3.05, 3.63) is 106 Å². The van der Waals surface area contributed by atoms with Crippen LogP contribution in [0, 0.1) is 13.8 Å². The zero-order chi connectivity index (χ0) is 18.7. The molecule has 25 heavy (non-hydrogen) atoms. The minimum absolute atomic E-state index is 0.121. The molecule has 0 aromatic heterocycles. The molecule has 0 aliphatic rings. The lowest BCUT2D eigenvalue weighted by molar-refractivity contribution is 0.101. The van der Waals surface area contributed by atoms with Crippen molar-refractivity contribution in [2.75, 3.05) is 0 Å². The quantitative estimate of drug-likeness (QED) is 0.413. The number of rotatable bonds is 1. The zero-order valence-electron chi connectivity index (χ0n) is 14.7. The summed E-state index contributed by atoms with van der Waals surface area (Å²) in [5.41, 5.74) is 3.23. The van der Waals surface area contributed by atoms with E-state index in [1.807, 2.05) is 67.6 Å². The highest BCUT2D eigenvalue weighted by atomic mass is 35.5. The number of halogens is 2. The maximum atomic E-state index is 10.6. The largest absolute Gasteiger partial charge is 0.295 e. The summed E-state index contributed by atoms with van der Waals surface area (Å²) in [6, 6.07) is 25.0. The van der Waals surface area contributed by atoms with Crippen LogP contribution >= 0.6 is 23.2 Å². The van der Waals surface area contributed by atoms with Crippen molar-refractivity contribution in [3.8, 4) is 0 Å². The molecule has 130 valence electrons. The number of hydrogen-bond donors (Lipinski definition) is 0. The van der Waals surface area contributed by atoms with Gasteiger partial charge in [0.2, 0.25) is 0 Å². The van der Waals surface area contributed by atoms with E-state index in [1.54, 1.807) is 13.0 Å². The van der Waals surface area contributed by atoms with Crippen molar-refractivity contribution in [2.45, 2.75) is 20.8 Å². The molecule has 0 N–H and O–H groups in total. The molecule has 0 aliphatic heterocycles. The van der Waals surface area contributed by atoms with Crippen LogP contribution in [0.2, 0.25) is 10.0 Å². The number of carbonyl (C=O) groups excluding carboxylic acids is 1. The van der Waals surface area contributed by atoms with Crippen molar-refractivity contribution in [1.82, 2.24) is 0 Å². The first-order valence-corrected chi connectivity index (χ1v) is 8.65. The Hall–Kier alpha value is -2.09. The van der Waals surface area contributed by atoms with Gasteiger partial charge in [-0.05, 0) is 38.5 Å². The first-order valence-electron chi connectivity index (χ1n) is 7.89. The minimum Gasteiger partial charge on any atom is -0.295 e. The van der Waals surface area contributed by atoms with E-state index in [0.29, 0.717) is 10.0 Å². The fourth-order valence-electron chi connectivity index (χ4n) is 1.81. The average molecular weight is 373 g/mol. The first-order chi connectivity index (χ1) is 11.9. The van der Waals surface area contributed by atoms with E-state index in [9.17, 15) is 4.79 Å². The van der Waals surface area contributed by atoms with Gasteiger partial charge in [-0.1, -0.05) is 95.5 Å². The molecule has 3 aromatic rings. The molecule has 0 aliphatic carbocycles. The standard InChI is InChI=1S/C8H8O.C7H6Cl2.C7H8/c1-7(9)8-5-3-2-4-6-8;1-5-2-3-6(8)7(9)4-5;1-7-5-3-2-4-6-7/h2-6H,1H3;2-4H,1H3;2-6H,1H3.